The Hall–Kier alpha value is -0.380. The number of nitrogens with zero attached hydrogens (tertiary/aromatic N) is 1. The largest absolute Gasteiger partial charge is 0.264 e. The lowest BCUT2D eigenvalue weighted by Crippen LogP contribution is -1.86. The molecule has 1 aromatic rings. The van der Waals surface area contributed by atoms with Crippen molar-refractivity contribution in [1.82, 2.24) is 4.98 Å². The zero-order chi connectivity index (χ0) is 10.1. The zero-order valence-electron chi connectivity index (χ0n) is 8.32. The van der Waals surface area contributed by atoms with Crippen LogP contribution < -0.4 is 0 Å². The molecule has 0 bridgehead atoms. The van der Waals surface area contributed by atoms with Gasteiger partial charge in [0.1, 0.15) is 0 Å². The van der Waals surface area contributed by atoms with Crippen molar-refractivity contribution in [2.45, 2.75) is 32.1 Å². The molecule has 2 heteroatoms. The smallest absolute Gasteiger partial charge is 0.0299 e. The summed E-state index contributed by atoms with van der Waals surface area (Å²) in [5.41, 5.74) is 1.36. The Labute approximate surface area is 99.8 Å². The predicted octanol–water partition coefficient (Wildman–Crippen LogP) is 4.13. The molecule has 0 spiro atoms. The minimum Gasteiger partial charge on any atom is -0.264 e. The van der Waals surface area contributed by atoms with E-state index in [1.54, 1.807) is 0 Å². The molecule has 0 amide bonds. The lowest BCUT2D eigenvalue weighted by Gasteiger charge is -1.99. The van der Waals surface area contributed by atoms with Gasteiger partial charge in [0, 0.05) is 12.4 Å². The average molecular weight is 301 g/mol. The van der Waals surface area contributed by atoms with Gasteiger partial charge in [-0.1, -0.05) is 41.2 Å². The van der Waals surface area contributed by atoms with Gasteiger partial charge in [-0.25, -0.2) is 0 Å². The van der Waals surface area contributed by atoms with E-state index in [0.717, 1.165) is 0 Å². The second-order valence-electron chi connectivity index (χ2n) is 3.32. The van der Waals surface area contributed by atoms with Crippen LogP contribution in [0.3, 0.4) is 0 Å². The van der Waals surface area contributed by atoms with E-state index in [1.165, 1.54) is 37.7 Å². The third-order valence-corrected chi connectivity index (χ3v) is 2.66. The highest BCUT2D eigenvalue weighted by molar-refractivity contribution is 14.1. The van der Waals surface area contributed by atoms with E-state index in [0.29, 0.717) is 0 Å². The minimum absolute atomic E-state index is 1.17. The van der Waals surface area contributed by atoms with E-state index in [-0.39, 0.29) is 0 Å². The van der Waals surface area contributed by atoms with E-state index in [1.807, 2.05) is 18.5 Å². The Morgan fingerprint density at radius 1 is 1.29 bits per heavy atom. The standard InChI is InChI=1S/C12H16IN/c13-9-5-3-1-2-4-7-12-8-6-10-14-11-12/h5-6,8-11H,1-4,7H2/b9-5+. The summed E-state index contributed by atoms with van der Waals surface area (Å²) in [6, 6.07) is 4.16. The van der Waals surface area contributed by atoms with Gasteiger partial charge in [0.2, 0.25) is 0 Å². The van der Waals surface area contributed by atoms with Gasteiger partial charge in [-0.3, -0.25) is 4.98 Å². The third kappa shape index (κ3) is 5.37. The molecule has 1 heterocycles. The molecule has 0 fully saturated rings. The van der Waals surface area contributed by atoms with Gasteiger partial charge in [-0.15, -0.1) is 0 Å². The molecule has 76 valence electrons. The molecule has 1 rings (SSSR count). The minimum atomic E-state index is 1.17. The van der Waals surface area contributed by atoms with Gasteiger partial charge in [-0.2, -0.15) is 0 Å². The molecular formula is C12H16IN. The van der Waals surface area contributed by atoms with Crippen LogP contribution in [0.1, 0.15) is 31.2 Å². The van der Waals surface area contributed by atoms with Gasteiger partial charge >= 0.3 is 0 Å². The van der Waals surface area contributed by atoms with E-state index >= 15 is 0 Å². The Morgan fingerprint density at radius 3 is 2.93 bits per heavy atom. The molecule has 0 N–H and O–H groups in total. The van der Waals surface area contributed by atoms with E-state index < -0.39 is 0 Å². The van der Waals surface area contributed by atoms with Crippen LogP contribution in [0, 0.1) is 0 Å². The molecule has 0 atom stereocenters. The van der Waals surface area contributed by atoms with Crippen LogP contribution in [-0.4, -0.2) is 4.98 Å². The number of aryl methyl sites for hydroxylation is 1. The second kappa shape index (κ2) is 7.97. The van der Waals surface area contributed by atoms with Crippen LogP contribution >= 0.6 is 22.6 Å². The fraction of sp³-hybridized carbons (Fsp3) is 0.417. The van der Waals surface area contributed by atoms with Crippen LogP contribution in [0.5, 0.6) is 0 Å². The summed E-state index contributed by atoms with van der Waals surface area (Å²) in [5, 5.41) is 0. The molecule has 0 radical (unpaired) electrons. The molecule has 0 aliphatic heterocycles. The molecule has 14 heavy (non-hydrogen) atoms. The average Bonchev–Trinajstić information content (AvgIpc) is 2.25. The van der Waals surface area contributed by atoms with Crippen LogP contribution in [0.15, 0.2) is 34.7 Å². The van der Waals surface area contributed by atoms with E-state index in [9.17, 15) is 0 Å². The predicted molar refractivity (Wildman–Crippen MR) is 69.6 cm³/mol. The maximum atomic E-state index is 4.10. The fourth-order valence-corrected chi connectivity index (χ4v) is 1.74. The number of hydrogen-bond acceptors (Lipinski definition) is 1. The van der Waals surface area contributed by atoms with Gasteiger partial charge in [0.25, 0.3) is 0 Å². The lowest BCUT2D eigenvalue weighted by atomic mass is 10.1. The summed E-state index contributed by atoms with van der Waals surface area (Å²) in [7, 11) is 0. The van der Waals surface area contributed by atoms with Gasteiger partial charge in [0.05, 0.1) is 0 Å². The summed E-state index contributed by atoms with van der Waals surface area (Å²) < 4.78 is 2.10. The molecule has 0 aliphatic rings. The quantitative estimate of drug-likeness (QED) is 0.568. The highest BCUT2D eigenvalue weighted by atomic mass is 127. The number of halogens is 1. The molecule has 0 aromatic carbocycles. The van der Waals surface area contributed by atoms with Crippen molar-refractivity contribution in [3.63, 3.8) is 0 Å². The van der Waals surface area contributed by atoms with Crippen molar-refractivity contribution in [3.05, 3.63) is 40.2 Å². The molecule has 1 nitrogen and oxygen atoms in total. The Balaban J connectivity index is 2.05. The highest BCUT2D eigenvalue weighted by Crippen LogP contribution is 2.07. The molecule has 0 saturated carbocycles. The van der Waals surface area contributed by atoms with Crippen molar-refractivity contribution in [1.29, 1.82) is 0 Å². The third-order valence-electron chi connectivity index (χ3n) is 2.15. The first kappa shape index (κ1) is 11.7. The van der Waals surface area contributed by atoms with E-state index in [4.69, 9.17) is 0 Å². The Bertz CT molecular complexity index is 256. The van der Waals surface area contributed by atoms with Crippen LogP contribution in [0.4, 0.5) is 0 Å². The number of rotatable bonds is 6. The SMILES string of the molecule is I/C=C/CCCCCc1cccnc1. The fourth-order valence-electron chi connectivity index (χ4n) is 1.38. The summed E-state index contributed by atoms with van der Waals surface area (Å²) in [4.78, 5) is 4.10. The first-order chi connectivity index (χ1) is 6.93. The summed E-state index contributed by atoms with van der Waals surface area (Å²) in [6.45, 7) is 0. The number of aromatic nitrogens is 1. The first-order valence-corrected chi connectivity index (χ1v) is 6.32. The highest BCUT2D eigenvalue weighted by Gasteiger charge is 1.91. The van der Waals surface area contributed by atoms with Crippen molar-refractivity contribution < 1.29 is 0 Å². The Kier molecular flexibility index (Phi) is 6.66. The van der Waals surface area contributed by atoms with E-state index in [2.05, 4.69) is 43.8 Å². The number of pyridine rings is 1. The summed E-state index contributed by atoms with van der Waals surface area (Å²) >= 11 is 2.27. The maximum absolute atomic E-state index is 4.10. The van der Waals surface area contributed by atoms with Crippen molar-refractivity contribution >= 4 is 22.6 Å². The summed E-state index contributed by atoms with van der Waals surface area (Å²) in [5.74, 6) is 0. The normalized spacial score (nSPS) is 10.9. The number of unbranched alkanes of at least 4 members (excludes halogenated alkanes) is 3. The van der Waals surface area contributed by atoms with Crippen molar-refractivity contribution in [3.8, 4) is 0 Å². The van der Waals surface area contributed by atoms with Gasteiger partial charge < -0.3 is 0 Å². The Morgan fingerprint density at radius 2 is 2.21 bits per heavy atom. The molecule has 1 aromatic heterocycles. The number of hydrogen-bond donors (Lipinski definition) is 0. The molecule has 0 unspecified atom stereocenters. The van der Waals surface area contributed by atoms with Crippen LogP contribution in [0.25, 0.3) is 0 Å². The second-order valence-corrected chi connectivity index (χ2v) is 4.04. The monoisotopic (exact) mass is 301 g/mol. The molecule has 0 aliphatic carbocycles. The van der Waals surface area contributed by atoms with Crippen LogP contribution in [0.2, 0.25) is 0 Å². The summed E-state index contributed by atoms with van der Waals surface area (Å²) in [6.07, 6.45) is 12.3. The van der Waals surface area contributed by atoms with Crippen LogP contribution in [-0.2, 0) is 6.42 Å². The topological polar surface area (TPSA) is 12.9 Å². The maximum Gasteiger partial charge on any atom is 0.0299 e. The first-order valence-electron chi connectivity index (χ1n) is 5.07. The van der Waals surface area contributed by atoms with Crippen molar-refractivity contribution in [2.24, 2.45) is 0 Å². The molecular weight excluding hydrogens is 285 g/mol. The molecule has 0 saturated heterocycles. The lowest BCUT2D eigenvalue weighted by molar-refractivity contribution is 0.686. The zero-order valence-corrected chi connectivity index (χ0v) is 10.5. The van der Waals surface area contributed by atoms with Crippen molar-refractivity contribution in [2.75, 3.05) is 0 Å². The number of allylic oxidation sites excluding steroid dienone is 1. The van der Waals surface area contributed by atoms with Gasteiger partial charge in [-0.05, 0) is 41.4 Å². The van der Waals surface area contributed by atoms with Gasteiger partial charge in [0.15, 0.2) is 0 Å².